The Kier molecular flexibility index (Phi) is 3.99. The molecule has 7 heteroatoms. The van der Waals surface area contributed by atoms with Crippen LogP contribution in [0.5, 0.6) is 0 Å². The number of fused-ring (bicyclic) bond motifs is 1. The molecule has 3 rings (SSSR count). The van der Waals surface area contributed by atoms with E-state index in [-0.39, 0.29) is 6.04 Å². The monoisotopic (exact) mass is 309 g/mol. The summed E-state index contributed by atoms with van der Waals surface area (Å²) >= 11 is 0. The molecular weight excluding hydrogens is 288 g/mol. The summed E-state index contributed by atoms with van der Waals surface area (Å²) in [6.45, 7) is 5.14. The molecule has 0 spiro atoms. The van der Waals surface area contributed by atoms with Crippen molar-refractivity contribution in [2.45, 2.75) is 45.7 Å². The molecule has 0 bridgehead atoms. The third-order valence-corrected chi connectivity index (χ3v) is 4.32. The fourth-order valence-corrected chi connectivity index (χ4v) is 3.08. The maximum atomic E-state index is 12.6. The van der Waals surface area contributed by atoms with Gasteiger partial charge in [-0.3, -0.25) is 4.68 Å². The molecule has 0 radical (unpaired) electrons. The molecule has 0 aliphatic carbocycles. The summed E-state index contributed by atoms with van der Waals surface area (Å²) in [5.41, 5.74) is 8.24. The summed E-state index contributed by atoms with van der Waals surface area (Å²) in [5.74, 6) is 0.860. The van der Waals surface area contributed by atoms with Crippen LogP contribution in [0.3, 0.4) is 0 Å². The Morgan fingerprint density at radius 2 is 2.00 bits per heavy atom. The van der Waals surface area contributed by atoms with E-state index in [0.717, 1.165) is 48.4 Å². The van der Waals surface area contributed by atoms with E-state index in [9.17, 15) is 8.78 Å². The lowest BCUT2D eigenvalue weighted by Gasteiger charge is -2.31. The fraction of sp³-hybridized carbons (Fsp3) is 0.600. The number of aryl methyl sites for hydroxylation is 2. The van der Waals surface area contributed by atoms with Crippen molar-refractivity contribution in [2.24, 2.45) is 5.73 Å². The first-order valence-electron chi connectivity index (χ1n) is 7.59. The summed E-state index contributed by atoms with van der Waals surface area (Å²) in [7, 11) is 0. The van der Waals surface area contributed by atoms with E-state index in [0.29, 0.717) is 5.65 Å². The minimum Gasteiger partial charge on any atom is -0.356 e. The van der Waals surface area contributed by atoms with Gasteiger partial charge < -0.3 is 10.6 Å². The van der Waals surface area contributed by atoms with Gasteiger partial charge in [0.1, 0.15) is 12.4 Å². The van der Waals surface area contributed by atoms with Gasteiger partial charge in [0, 0.05) is 30.2 Å². The molecule has 2 aromatic heterocycles. The van der Waals surface area contributed by atoms with Gasteiger partial charge in [0.05, 0.1) is 0 Å². The van der Waals surface area contributed by atoms with E-state index in [1.54, 1.807) is 0 Å². The van der Waals surface area contributed by atoms with Crippen LogP contribution >= 0.6 is 0 Å². The summed E-state index contributed by atoms with van der Waals surface area (Å²) in [6, 6.07) is 2.27. The number of halogens is 2. The minimum atomic E-state index is -2.42. The molecule has 2 N–H and O–H groups in total. The van der Waals surface area contributed by atoms with Crippen LogP contribution in [0, 0.1) is 13.8 Å². The number of nitrogens with zero attached hydrogens (tertiary/aromatic N) is 4. The molecule has 0 unspecified atom stereocenters. The van der Waals surface area contributed by atoms with Crippen LogP contribution in [0.2, 0.25) is 0 Å². The van der Waals surface area contributed by atoms with Crippen molar-refractivity contribution in [3.8, 4) is 0 Å². The number of pyridine rings is 1. The van der Waals surface area contributed by atoms with Gasteiger partial charge in [-0.2, -0.15) is 5.10 Å². The lowest BCUT2D eigenvalue weighted by molar-refractivity contribution is 0.121. The summed E-state index contributed by atoms with van der Waals surface area (Å²) in [5, 5.41) is 5.13. The number of aromatic nitrogens is 3. The Morgan fingerprint density at radius 1 is 1.32 bits per heavy atom. The molecule has 3 heterocycles. The molecular formula is C15H21F2N5. The van der Waals surface area contributed by atoms with Crippen molar-refractivity contribution in [1.82, 2.24) is 14.8 Å². The summed E-state index contributed by atoms with van der Waals surface area (Å²) in [6.07, 6.45) is -0.536. The van der Waals surface area contributed by atoms with E-state index in [4.69, 9.17) is 5.73 Å². The van der Waals surface area contributed by atoms with Crippen molar-refractivity contribution in [3.63, 3.8) is 0 Å². The van der Waals surface area contributed by atoms with Crippen LogP contribution in [0.15, 0.2) is 6.07 Å². The maximum absolute atomic E-state index is 12.6. The second kappa shape index (κ2) is 5.79. The van der Waals surface area contributed by atoms with Crippen molar-refractivity contribution in [1.29, 1.82) is 0 Å². The Morgan fingerprint density at radius 3 is 2.64 bits per heavy atom. The zero-order valence-corrected chi connectivity index (χ0v) is 12.9. The number of piperidine rings is 1. The van der Waals surface area contributed by atoms with E-state index < -0.39 is 13.0 Å². The molecule has 22 heavy (non-hydrogen) atoms. The first-order chi connectivity index (χ1) is 10.5. The Labute approximate surface area is 128 Å². The number of alkyl halides is 2. The third-order valence-electron chi connectivity index (χ3n) is 4.32. The second-order valence-electron chi connectivity index (χ2n) is 5.98. The van der Waals surface area contributed by atoms with Crippen LogP contribution in [0.1, 0.15) is 24.1 Å². The number of hydrogen-bond donors (Lipinski definition) is 1. The standard InChI is InChI=1S/C15H21F2N5/c1-9-7-13(21-5-3-11(18)4-6-21)19-15-14(9)10(2)22(20-15)8-12(16)17/h7,11-12H,3-6,8,18H2,1-2H3. The lowest BCUT2D eigenvalue weighted by atomic mass is 10.1. The topological polar surface area (TPSA) is 60.0 Å². The van der Waals surface area contributed by atoms with Gasteiger partial charge in [0.15, 0.2) is 5.65 Å². The first kappa shape index (κ1) is 15.1. The number of nitrogens with two attached hydrogens (primary N) is 1. The van der Waals surface area contributed by atoms with Crippen LogP contribution in [0.25, 0.3) is 11.0 Å². The molecule has 2 aromatic rings. The third kappa shape index (κ3) is 2.77. The molecule has 120 valence electrons. The highest BCUT2D eigenvalue weighted by molar-refractivity contribution is 5.83. The smallest absolute Gasteiger partial charge is 0.257 e. The van der Waals surface area contributed by atoms with E-state index in [1.807, 2.05) is 19.9 Å². The van der Waals surface area contributed by atoms with Gasteiger partial charge in [-0.1, -0.05) is 0 Å². The highest BCUT2D eigenvalue weighted by atomic mass is 19.3. The fourth-order valence-electron chi connectivity index (χ4n) is 3.08. The van der Waals surface area contributed by atoms with Crippen LogP contribution in [-0.2, 0) is 6.54 Å². The van der Waals surface area contributed by atoms with Gasteiger partial charge in [-0.05, 0) is 38.3 Å². The average Bonchev–Trinajstić information content (AvgIpc) is 2.75. The van der Waals surface area contributed by atoms with Crippen LogP contribution in [-0.4, -0.2) is 40.3 Å². The highest BCUT2D eigenvalue weighted by Gasteiger charge is 2.20. The van der Waals surface area contributed by atoms with Crippen molar-refractivity contribution >= 4 is 16.9 Å². The molecule has 1 aliphatic heterocycles. The molecule has 0 atom stereocenters. The maximum Gasteiger partial charge on any atom is 0.257 e. The summed E-state index contributed by atoms with van der Waals surface area (Å²) in [4.78, 5) is 6.77. The number of anilines is 1. The van der Waals surface area contributed by atoms with Crippen LogP contribution in [0.4, 0.5) is 14.6 Å². The number of rotatable bonds is 3. The Balaban J connectivity index is 1.97. The van der Waals surface area contributed by atoms with Gasteiger partial charge in [-0.15, -0.1) is 0 Å². The molecule has 1 aliphatic rings. The normalized spacial score (nSPS) is 16.9. The van der Waals surface area contributed by atoms with Crippen molar-refractivity contribution in [2.75, 3.05) is 18.0 Å². The zero-order chi connectivity index (χ0) is 15.9. The second-order valence-corrected chi connectivity index (χ2v) is 5.98. The molecule has 0 amide bonds. The van der Waals surface area contributed by atoms with Crippen LogP contribution < -0.4 is 10.6 Å². The predicted octanol–water partition coefficient (Wildman–Crippen LogP) is 2.24. The van der Waals surface area contributed by atoms with E-state index in [2.05, 4.69) is 15.0 Å². The quantitative estimate of drug-likeness (QED) is 0.944. The summed E-state index contributed by atoms with van der Waals surface area (Å²) < 4.78 is 26.6. The zero-order valence-electron chi connectivity index (χ0n) is 12.9. The molecule has 1 fully saturated rings. The van der Waals surface area contributed by atoms with E-state index in [1.165, 1.54) is 4.68 Å². The highest BCUT2D eigenvalue weighted by Crippen LogP contribution is 2.26. The predicted molar refractivity (Wildman–Crippen MR) is 82.4 cm³/mol. The van der Waals surface area contributed by atoms with Gasteiger partial charge in [0.2, 0.25) is 0 Å². The molecule has 0 saturated carbocycles. The average molecular weight is 309 g/mol. The van der Waals surface area contributed by atoms with Gasteiger partial charge >= 0.3 is 0 Å². The Bertz CT molecular complexity index is 674. The molecule has 1 saturated heterocycles. The minimum absolute atomic E-state index is 0.258. The van der Waals surface area contributed by atoms with E-state index >= 15 is 0 Å². The molecule has 5 nitrogen and oxygen atoms in total. The largest absolute Gasteiger partial charge is 0.356 e. The Hall–Kier alpha value is -1.76. The SMILES string of the molecule is Cc1cc(N2CCC(N)CC2)nc2nn(CC(F)F)c(C)c12. The van der Waals surface area contributed by atoms with Gasteiger partial charge in [-0.25, -0.2) is 13.8 Å². The molecule has 0 aromatic carbocycles. The van der Waals surface area contributed by atoms with Crippen molar-refractivity contribution in [3.05, 3.63) is 17.3 Å². The first-order valence-corrected chi connectivity index (χ1v) is 7.59. The van der Waals surface area contributed by atoms with Gasteiger partial charge in [0.25, 0.3) is 6.43 Å². The number of hydrogen-bond acceptors (Lipinski definition) is 4. The van der Waals surface area contributed by atoms with Crippen molar-refractivity contribution < 1.29 is 8.78 Å². The lowest BCUT2D eigenvalue weighted by Crippen LogP contribution is -2.40.